The molecule has 0 aliphatic rings. The molecule has 0 aromatic heterocycles. The van der Waals surface area contributed by atoms with E-state index in [0.717, 1.165) is 6.42 Å². The Kier molecular flexibility index (Phi) is 3.55. The van der Waals surface area contributed by atoms with Crippen LogP contribution in [0.4, 0.5) is 0 Å². The van der Waals surface area contributed by atoms with E-state index in [0.29, 0.717) is 5.41 Å². The van der Waals surface area contributed by atoms with Crippen LogP contribution in [0.5, 0.6) is 0 Å². The maximum Gasteiger partial charge on any atom is 0.100 e. The summed E-state index contributed by atoms with van der Waals surface area (Å²) in [7, 11) is 0. The van der Waals surface area contributed by atoms with Gasteiger partial charge in [-0.1, -0.05) is 32.9 Å². The molecule has 1 nitrogen and oxygen atoms in total. The van der Waals surface area contributed by atoms with Crippen LogP contribution in [0.1, 0.15) is 27.2 Å². The van der Waals surface area contributed by atoms with Crippen molar-refractivity contribution in [2.75, 3.05) is 6.61 Å². The summed E-state index contributed by atoms with van der Waals surface area (Å²) >= 11 is 0. The predicted molar refractivity (Wildman–Crippen MR) is 38.8 cm³/mol. The Morgan fingerprint density at radius 2 is 1.78 bits per heavy atom. The van der Waals surface area contributed by atoms with Gasteiger partial charge in [-0.3, -0.25) is 0 Å². The van der Waals surface area contributed by atoms with Gasteiger partial charge in [0.1, 0.15) is 6.61 Å². The minimum absolute atomic E-state index is 0.0872. The van der Waals surface area contributed by atoms with Gasteiger partial charge in [-0.25, -0.2) is 5.11 Å². The van der Waals surface area contributed by atoms with Crippen molar-refractivity contribution >= 4 is 0 Å². The zero-order chi connectivity index (χ0) is 7.33. The van der Waals surface area contributed by atoms with Crippen LogP contribution in [0.2, 0.25) is 0 Å². The van der Waals surface area contributed by atoms with Crippen LogP contribution in [0.25, 0.3) is 0 Å². The van der Waals surface area contributed by atoms with E-state index in [1.165, 1.54) is 0 Å². The summed E-state index contributed by atoms with van der Waals surface area (Å²) in [6.07, 6.45) is 4.62. The number of allylic oxidation sites excluding steroid dienone is 1. The molecule has 0 aromatic rings. The van der Waals surface area contributed by atoms with Gasteiger partial charge >= 0.3 is 0 Å². The van der Waals surface area contributed by atoms with Crippen molar-refractivity contribution in [3.8, 4) is 0 Å². The van der Waals surface area contributed by atoms with Gasteiger partial charge in [-0.05, 0) is 11.8 Å². The maximum atomic E-state index is 9.93. The van der Waals surface area contributed by atoms with E-state index in [1.54, 1.807) is 6.08 Å². The number of hydrogen-bond acceptors (Lipinski definition) is 0. The van der Waals surface area contributed by atoms with E-state index in [4.69, 9.17) is 0 Å². The highest BCUT2D eigenvalue weighted by Crippen LogP contribution is 2.18. The molecule has 1 radical (unpaired) electrons. The first-order valence-electron chi connectivity index (χ1n) is 3.29. The van der Waals surface area contributed by atoms with Crippen molar-refractivity contribution in [2.24, 2.45) is 5.41 Å². The molecule has 0 N–H and O–H groups in total. The molecule has 9 heavy (non-hydrogen) atoms. The lowest BCUT2D eigenvalue weighted by molar-refractivity contribution is 0.231. The molecule has 0 spiro atoms. The fraction of sp³-hybridized carbons (Fsp3) is 0.750. The first-order valence-corrected chi connectivity index (χ1v) is 3.29. The first-order chi connectivity index (χ1) is 4.06. The molecule has 0 fully saturated rings. The van der Waals surface area contributed by atoms with E-state index < -0.39 is 0 Å². The Morgan fingerprint density at radius 3 is 2.11 bits per heavy atom. The quantitative estimate of drug-likeness (QED) is 0.508. The average molecular weight is 127 g/mol. The second kappa shape index (κ2) is 3.67. The molecular formula is C8H15O. The Bertz CT molecular complexity index is 87.2. The third kappa shape index (κ3) is 7.70. The van der Waals surface area contributed by atoms with E-state index in [1.807, 2.05) is 6.08 Å². The van der Waals surface area contributed by atoms with Crippen LogP contribution in [-0.2, 0) is 5.11 Å². The molecular weight excluding hydrogens is 112 g/mol. The third-order valence-corrected chi connectivity index (χ3v) is 0.993. The number of hydrogen-bond donors (Lipinski definition) is 0. The largest absolute Gasteiger partial charge is 0.232 e. The van der Waals surface area contributed by atoms with E-state index in [2.05, 4.69) is 20.8 Å². The van der Waals surface area contributed by atoms with Crippen molar-refractivity contribution in [3.05, 3.63) is 12.2 Å². The highest BCUT2D eigenvalue weighted by Gasteiger charge is 2.05. The highest BCUT2D eigenvalue weighted by atomic mass is 16.2. The van der Waals surface area contributed by atoms with Crippen LogP contribution in [0.3, 0.4) is 0 Å². The second-order valence-corrected chi connectivity index (χ2v) is 3.40. The summed E-state index contributed by atoms with van der Waals surface area (Å²) in [6, 6.07) is 0. The van der Waals surface area contributed by atoms with Crippen LogP contribution in [-0.4, -0.2) is 6.61 Å². The summed E-state index contributed by atoms with van der Waals surface area (Å²) in [4.78, 5) is 0. The second-order valence-electron chi connectivity index (χ2n) is 3.40. The lowest BCUT2D eigenvalue weighted by atomic mass is 9.92. The molecule has 0 aliphatic carbocycles. The molecule has 0 heterocycles. The van der Waals surface area contributed by atoms with Crippen LogP contribution >= 0.6 is 0 Å². The van der Waals surface area contributed by atoms with Gasteiger partial charge < -0.3 is 0 Å². The van der Waals surface area contributed by atoms with Crippen molar-refractivity contribution < 1.29 is 5.11 Å². The molecule has 1 heteroatoms. The lowest BCUT2D eigenvalue weighted by Crippen LogP contribution is -2.01. The smallest absolute Gasteiger partial charge is 0.100 e. The molecule has 0 atom stereocenters. The van der Waals surface area contributed by atoms with Gasteiger partial charge in [0, 0.05) is 0 Å². The molecule has 0 unspecified atom stereocenters. The van der Waals surface area contributed by atoms with Crippen LogP contribution in [0.15, 0.2) is 12.2 Å². The summed E-state index contributed by atoms with van der Waals surface area (Å²) in [6.45, 7) is 6.38. The van der Waals surface area contributed by atoms with Gasteiger partial charge in [0.25, 0.3) is 0 Å². The minimum atomic E-state index is -0.0872. The van der Waals surface area contributed by atoms with Gasteiger partial charge in [0.05, 0.1) is 0 Å². The van der Waals surface area contributed by atoms with E-state index in [9.17, 15) is 5.11 Å². The fourth-order valence-corrected chi connectivity index (χ4v) is 0.505. The molecule has 0 bridgehead atoms. The monoisotopic (exact) mass is 127 g/mol. The van der Waals surface area contributed by atoms with Gasteiger partial charge in [0.15, 0.2) is 0 Å². The van der Waals surface area contributed by atoms with Crippen molar-refractivity contribution in [3.63, 3.8) is 0 Å². The van der Waals surface area contributed by atoms with Gasteiger partial charge in [-0.2, -0.15) is 0 Å². The molecule has 0 saturated carbocycles. The zero-order valence-electron chi connectivity index (χ0n) is 6.48. The van der Waals surface area contributed by atoms with Crippen molar-refractivity contribution in [1.29, 1.82) is 0 Å². The van der Waals surface area contributed by atoms with Gasteiger partial charge in [0.2, 0.25) is 0 Å². The molecule has 0 aromatic carbocycles. The summed E-state index contributed by atoms with van der Waals surface area (Å²) < 4.78 is 0. The highest BCUT2D eigenvalue weighted by molar-refractivity contribution is 4.84. The lowest BCUT2D eigenvalue weighted by Gasteiger charge is -2.13. The standard InChI is InChI=1S/C8H15O/c1-8(2,3)6-4-5-7-9/h4-5H,6-7H2,1-3H3. The summed E-state index contributed by atoms with van der Waals surface area (Å²) in [5.74, 6) is 0. The summed E-state index contributed by atoms with van der Waals surface area (Å²) in [5, 5.41) is 9.93. The Balaban J connectivity index is 3.38. The topological polar surface area (TPSA) is 19.9 Å². The average Bonchev–Trinajstić information content (AvgIpc) is 1.63. The molecule has 53 valence electrons. The molecule has 0 aliphatic heterocycles. The normalized spacial score (nSPS) is 12.9. The molecule has 0 amide bonds. The Morgan fingerprint density at radius 1 is 1.22 bits per heavy atom. The van der Waals surface area contributed by atoms with Gasteiger partial charge in [-0.15, -0.1) is 0 Å². The van der Waals surface area contributed by atoms with Crippen LogP contribution < -0.4 is 0 Å². The van der Waals surface area contributed by atoms with E-state index >= 15 is 0 Å². The number of rotatable bonds is 2. The van der Waals surface area contributed by atoms with Crippen LogP contribution in [0, 0.1) is 5.41 Å². The summed E-state index contributed by atoms with van der Waals surface area (Å²) in [5.41, 5.74) is 0.325. The van der Waals surface area contributed by atoms with Crippen molar-refractivity contribution in [2.45, 2.75) is 27.2 Å². The fourth-order valence-electron chi connectivity index (χ4n) is 0.505. The minimum Gasteiger partial charge on any atom is -0.232 e. The predicted octanol–water partition coefficient (Wildman–Crippen LogP) is 2.41. The zero-order valence-corrected chi connectivity index (χ0v) is 6.48. The van der Waals surface area contributed by atoms with E-state index in [-0.39, 0.29) is 6.61 Å². The van der Waals surface area contributed by atoms with Crippen molar-refractivity contribution in [1.82, 2.24) is 0 Å². The SMILES string of the molecule is CC(C)(C)CC=CC[O]. The Hall–Kier alpha value is -0.300. The first kappa shape index (κ1) is 8.70. The maximum absolute atomic E-state index is 9.93. The third-order valence-electron chi connectivity index (χ3n) is 0.993. The molecule has 0 saturated heterocycles. The molecule has 0 rings (SSSR count). The Labute approximate surface area is 57.4 Å².